The molecule has 0 unspecified atom stereocenters. The molecule has 0 aromatic carbocycles. The molecule has 0 atom stereocenters. The Hall–Kier alpha value is -1.49. The van der Waals surface area contributed by atoms with Crippen molar-refractivity contribution in [2.24, 2.45) is 0 Å². The summed E-state index contributed by atoms with van der Waals surface area (Å²) in [6.07, 6.45) is 7.52. The number of hydrogen-bond acceptors (Lipinski definition) is 4. The Bertz CT molecular complexity index is 468. The lowest BCUT2D eigenvalue weighted by atomic mass is 9.86. The van der Waals surface area contributed by atoms with Gasteiger partial charge in [0.2, 0.25) is 0 Å². The molecule has 0 bridgehead atoms. The quantitative estimate of drug-likeness (QED) is 0.793. The average molecular weight is 218 g/mol. The molecule has 0 radical (unpaired) electrons. The van der Waals surface area contributed by atoms with Gasteiger partial charge >= 0.3 is 0 Å². The predicted octanol–water partition coefficient (Wildman–Crippen LogP) is 1.16. The number of rotatable bonds is 2. The summed E-state index contributed by atoms with van der Waals surface area (Å²) in [5.41, 5.74) is 1.35. The van der Waals surface area contributed by atoms with Gasteiger partial charge in [-0.1, -0.05) is 12.8 Å². The number of nitrogens with one attached hydrogen (secondary N) is 1. The van der Waals surface area contributed by atoms with E-state index >= 15 is 0 Å². The van der Waals surface area contributed by atoms with E-state index in [4.69, 9.17) is 0 Å². The van der Waals surface area contributed by atoms with E-state index in [9.17, 15) is 5.11 Å². The Balaban J connectivity index is 2.10. The molecule has 2 aromatic heterocycles. The molecule has 0 saturated heterocycles. The lowest BCUT2D eigenvalue weighted by molar-refractivity contribution is 0.189. The first-order valence-electron chi connectivity index (χ1n) is 5.61. The highest BCUT2D eigenvalue weighted by Gasteiger charge is 2.37. The second-order valence-electron chi connectivity index (χ2n) is 4.49. The number of aliphatic hydroxyl groups excluding tert-OH is 1. The molecule has 84 valence electrons. The van der Waals surface area contributed by atoms with Gasteiger partial charge in [-0.25, -0.2) is 15.0 Å². The molecule has 1 saturated carbocycles. The Kier molecular flexibility index (Phi) is 2.14. The number of fused-ring (bicyclic) bond motifs is 1. The highest BCUT2D eigenvalue weighted by Crippen LogP contribution is 2.39. The van der Waals surface area contributed by atoms with Gasteiger partial charge in [0.25, 0.3) is 0 Å². The van der Waals surface area contributed by atoms with Gasteiger partial charge in [-0.2, -0.15) is 0 Å². The summed E-state index contributed by atoms with van der Waals surface area (Å²) in [5.74, 6) is 0.864. The first kappa shape index (κ1) is 9.72. The molecule has 16 heavy (non-hydrogen) atoms. The van der Waals surface area contributed by atoms with Crippen molar-refractivity contribution in [3.8, 4) is 0 Å². The van der Waals surface area contributed by atoms with Crippen molar-refractivity contribution in [2.75, 3.05) is 6.61 Å². The molecular weight excluding hydrogens is 204 g/mol. The average Bonchev–Trinajstić information content (AvgIpc) is 2.96. The third-order valence-electron chi connectivity index (χ3n) is 3.53. The molecular formula is C11H14N4O. The van der Waals surface area contributed by atoms with Crippen molar-refractivity contribution in [3.05, 3.63) is 18.3 Å². The fraction of sp³-hybridized carbons (Fsp3) is 0.545. The molecule has 0 amide bonds. The topological polar surface area (TPSA) is 74.7 Å². The number of imidazole rings is 1. The Labute approximate surface area is 93.0 Å². The van der Waals surface area contributed by atoms with Crippen LogP contribution in [0.4, 0.5) is 0 Å². The number of H-pyrrole nitrogens is 1. The summed E-state index contributed by atoms with van der Waals surface area (Å²) in [5, 5.41) is 9.60. The summed E-state index contributed by atoms with van der Waals surface area (Å²) in [4.78, 5) is 15.8. The summed E-state index contributed by atoms with van der Waals surface area (Å²) >= 11 is 0. The van der Waals surface area contributed by atoms with E-state index in [1.165, 1.54) is 6.33 Å². The fourth-order valence-electron chi connectivity index (χ4n) is 2.53. The first-order valence-corrected chi connectivity index (χ1v) is 5.61. The summed E-state index contributed by atoms with van der Waals surface area (Å²) in [6, 6.07) is 0. The van der Waals surface area contributed by atoms with Gasteiger partial charge in [0.15, 0.2) is 5.65 Å². The highest BCUT2D eigenvalue weighted by molar-refractivity contribution is 5.69. The molecule has 1 aliphatic carbocycles. The van der Waals surface area contributed by atoms with Crippen LogP contribution in [-0.4, -0.2) is 31.6 Å². The summed E-state index contributed by atoms with van der Waals surface area (Å²) in [7, 11) is 0. The lowest BCUT2D eigenvalue weighted by Crippen LogP contribution is -2.28. The Morgan fingerprint density at radius 3 is 2.88 bits per heavy atom. The zero-order chi connectivity index (χ0) is 11.0. The van der Waals surface area contributed by atoms with Gasteiger partial charge in [-0.3, -0.25) is 0 Å². The van der Waals surface area contributed by atoms with Crippen LogP contribution in [0.1, 0.15) is 31.5 Å². The highest BCUT2D eigenvalue weighted by atomic mass is 16.3. The minimum absolute atomic E-state index is 0.153. The van der Waals surface area contributed by atoms with Gasteiger partial charge in [-0.15, -0.1) is 0 Å². The van der Waals surface area contributed by atoms with Crippen molar-refractivity contribution in [1.82, 2.24) is 19.9 Å². The van der Waals surface area contributed by atoms with Crippen LogP contribution in [0, 0.1) is 0 Å². The molecule has 2 heterocycles. The minimum atomic E-state index is -0.180. The normalized spacial score (nSPS) is 19.3. The van der Waals surface area contributed by atoms with Gasteiger partial charge < -0.3 is 10.1 Å². The molecule has 2 N–H and O–H groups in total. The van der Waals surface area contributed by atoms with Crippen LogP contribution in [0.2, 0.25) is 0 Å². The third-order valence-corrected chi connectivity index (χ3v) is 3.53. The van der Waals surface area contributed by atoms with Crippen molar-refractivity contribution >= 4 is 11.2 Å². The van der Waals surface area contributed by atoms with Crippen LogP contribution in [-0.2, 0) is 5.41 Å². The van der Waals surface area contributed by atoms with E-state index in [-0.39, 0.29) is 12.0 Å². The molecule has 2 aromatic rings. The van der Waals surface area contributed by atoms with Crippen LogP contribution in [0.25, 0.3) is 11.2 Å². The van der Waals surface area contributed by atoms with E-state index in [0.717, 1.165) is 37.0 Å². The fourth-order valence-corrected chi connectivity index (χ4v) is 2.53. The zero-order valence-corrected chi connectivity index (χ0v) is 8.98. The van der Waals surface area contributed by atoms with Crippen molar-refractivity contribution in [3.63, 3.8) is 0 Å². The van der Waals surface area contributed by atoms with Crippen molar-refractivity contribution in [2.45, 2.75) is 31.1 Å². The van der Waals surface area contributed by atoms with Gasteiger partial charge in [-0.05, 0) is 12.8 Å². The maximum Gasteiger partial charge on any atom is 0.180 e. The van der Waals surface area contributed by atoms with Crippen LogP contribution in [0.3, 0.4) is 0 Å². The Morgan fingerprint density at radius 1 is 1.38 bits per heavy atom. The maximum absolute atomic E-state index is 9.60. The second kappa shape index (κ2) is 3.52. The molecule has 3 rings (SSSR count). The lowest BCUT2D eigenvalue weighted by Gasteiger charge is -2.23. The third kappa shape index (κ3) is 1.31. The first-order chi connectivity index (χ1) is 7.84. The van der Waals surface area contributed by atoms with Gasteiger partial charge in [0.1, 0.15) is 17.7 Å². The van der Waals surface area contributed by atoms with Crippen LogP contribution in [0.5, 0.6) is 0 Å². The van der Waals surface area contributed by atoms with Crippen LogP contribution >= 0.6 is 0 Å². The Morgan fingerprint density at radius 2 is 2.19 bits per heavy atom. The smallest absolute Gasteiger partial charge is 0.180 e. The number of hydrogen-bond donors (Lipinski definition) is 2. The largest absolute Gasteiger partial charge is 0.395 e. The zero-order valence-electron chi connectivity index (χ0n) is 8.98. The number of aliphatic hydroxyl groups is 1. The standard InChI is InChI=1S/C11H14N4O/c16-6-11(3-1-2-4-11)10-14-8-5-12-7-13-9(8)15-10/h5,7,16H,1-4,6H2,(H,12,13,14,15). The molecule has 5 nitrogen and oxygen atoms in total. The SMILES string of the molecule is OCC1(c2nc3ncncc3[nH]2)CCCC1. The number of aromatic amines is 1. The second-order valence-corrected chi connectivity index (χ2v) is 4.49. The monoisotopic (exact) mass is 218 g/mol. The van der Waals surface area contributed by atoms with E-state index in [0.29, 0.717) is 5.65 Å². The summed E-state index contributed by atoms with van der Waals surface area (Å²) < 4.78 is 0. The molecule has 0 aliphatic heterocycles. The van der Waals surface area contributed by atoms with Gasteiger partial charge in [0.05, 0.1) is 18.2 Å². The molecule has 1 fully saturated rings. The van der Waals surface area contributed by atoms with Crippen molar-refractivity contribution in [1.29, 1.82) is 0 Å². The van der Waals surface area contributed by atoms with E-state index < -0.39 is 0 Å². The van der Waals surface area contributed by atoms with Crippen LogP contribution in [0.15, 0.2) is 12.5 Å². The maximum atomic E-state index is 9.60. The predicted molar refractivity (Wildman–Crippen MR) is 58.9 cm³/mol. The van der Waals surface area contributed by atoms with E-state index in [1.807, 2.05) is 0 Å². The minimum Gasteiger partial charge on any atom is -0.395 e. The van der Waals surface area contributed by atoms with E-state index in [1.54, 1.807) is 6.20 Å². The van der Waals surface area contributed by atoms with Crippen LogP contribution < -0.4 is 0 Å². The van der Waals surface area contributed by atoms with E-state index in [2.05, 4.69) is 19.9 Å². The molecule has 0 spiro atoms. The summed E-state index contributed by atoms with van der Waals surface area (Å²) in [6.45, 7) is 0.153. The number of aromatic nitrogens is 4. The molecule has 5 heteroatoms. The van der Waals surface area contributed by atoms with Crippen molar-refractivity contribution < 1.29 is 5.11 Å². The van der Waals surface area contributed by atoms with Gasteiger partial charge in [0, 0.05) is 0 Å². The molecule has 1 aliphatic rings. The number of nitrogens with zero attached hydrogens (tertiary/aromatic N) is 3.